The van der Waals surface area contributed by atoms with E-state index in [4.69, 9.17) is 20.3 Å². The lowest BCUT2D eigenvalue weighted by Crippen LogP contribution is -2.30. The summed E-state index contributed by atoms with van der Waals surface area (Å²) in [6, 6.07) is 5.51. The monoisotopic (exact) mass is 240 g/mol. The normalized spacial score (nSPS) is 10.3. The second kappa shape index (κ2) is 6.98. The summed E-state index contributed by atoms with van der Waals surface area (Å²) in [7, 11) is 3.25. The summed E-state index contributed by atoms with van der Waals surface area (Å²) in [5.74, 6) is 0.709. The number of nitrogens with zero attached hydrogens (tertiary/aromatic N) is 1. The van der Waals surface area contributed by atoms with Crippen LogP contribution in [0.25, 0.3) is 0 Å². The van der Waals surface area contributed by atoms with Gasteiger partial charge in [-0.25, -0.2) is 0 Å². The zero-order valence-electron chi connectivity index (χ0n) is 10.3. The van der Waals surface area contributed by atoms with Gasteiger partial charge in [-0.15, -0.1) is 0 Å². The maximum absolute atomic E-state index is 9.05. The van der Waals surface area contributed by atoms with Crippen LogP contribution < -0.4 is 15.4 Å². The zero-order valence-corrected chi connectivity index (χ0v) is 10.3. The van der Waals surface area contributed by atoms with Crippen molar-refractivity contribution < 1.29 is 14.6 Å². The fourth-order valence-electron chi connectivity index (χ4n) is 1.60. The van der Waals surface area contributed by atoms with Gasteiger partial charge in [0.2, 0.25) is 0 Å². The molecule has 0 aromatic heterocycles. The van der Waals surface area contributed by atoms with Crippen LogP contribution in [-0.4, -0.2) is 45.6 Å². The molecule has 0 radical (unpaired) electrons. The lowest BCUT2D eigenvalue weighted by Gasteiger charge is -2.24. The Labute approximate surface area is 102 Å². The van der Waals surface area contributed by atoms with Crippen LogP contribution in [0.3, 0.4) is 0 Å². The first kappa shape index (κ1) is 13.6. The molecular weight excluding hydrogens is 220 g/mol. The molecule has 0 saturated carbocycles. The molecule has 0 aliphatic heterocycles. The van der Waals surface area contributed by atoms with Crippen LogP contribution in [0.2, 0.25) is 0 Å². The number of nitrogens with two attached hydrogens (primary N) is 1. The molecule has 1 aromatic carbocycles. The molecule has 96 valence electrons. The van der Waals surface area contributed by atoms with Gasteiger partial charge in [-0.05, 0) is 6.07 Å². The molecule has 0 amide bonds. The van der Waals surface area contributed by atoms with E-state index >= 15 is 0 Å². The Morgan fingerprint density at radius 1 is 1.24 bits per heavy atom. The average Bonchev–Trinajstić information content (AvgIpc) is 2.33. The third kappa shape index (κ3) is 4.13. The number of anilines is 2. The van der Waals surface area contributed by atoms with Crippen molar-refractivity contribution in [2.24, 2.45) is 0 Å². The summed E-state index contributed by atoms with van der Waals surface area (Å²) < 4.78 is 10.2. The summed E-state index contributed by atoms with van der Waals surface area (Å²) in [6.07, 6.45) is 0. The first-order chi connectivity index (χ1) is 8.21. The van der Waals surface area contributed by atoms with Crippen LogP contribution in [0.5, 0.6) is 5.75 Å². The predicted octanol–water partition coefficient (Wildman–Crippen LogP) is 0.723. The van der Waals surface area contributed by atoms with Crippen molar-refractivity contribution in [2.45, 2.75) is 0 Å². The summed E-state index contributed by atoms with van der Waals surface area (Å²) in [6.45, 7) is 1.91. The Morgan fingerprint density at radius 2 is 2.00 bits per heavy atom. The minimum Gasteiger partial charge on any atom is -0.497 e. The fraction of sp³-hybridized carbons (Fsp3) is 0.500. The second-order valence-corrected chi connectivity index (χ2v) is 3.67. The van der Waals surface area contributed by atoms with Gasteiger partial charge in [0.05, 0.1) is 20.3 Å². The summed E-state index contributed by atoms with van der Waals surface area (Å²) >= 11 is 0. The molecule has 5 heteroatoms. The third-order valence-corrected chi connectivity index (χ3v) is 2.45. The Bertz CT molecular complexity index is 345. The number of hydrogen-bond acceptors (Lipinski definition) is 5. The predicted molar refractivity (Wildman–Crippen MR) is 68.6 cm³/mol. The van der Waals surface area contributed by atoms with E-state index in [9.17, 15) is 0 Å². The number of methoxy groups -OCH3 is 2. The molecule has 0 aliphatic rings. The van der Waals surface area contributed by atoms with Crippen molar-refractivity contribution in [1.29, 1.82) is 0 Å². The van der Waals surface area contributed by atoms with Crippen LogP contribution in [0.15, 0.2) is 18.2 Å². The van der Waals surface area contributed by atoms with Gasteiger partial charge in [0.15, 0.2) is 0 Å². The van der Waals surface area contributed by atoms with Gasteiger partial charge in [-0.3, -0.25) is 0 Å². The molecule has 17 heavy (non-hydrogen) atoms. The molecule has 5 nitrogen and oxygen atoms in total. The maximum Gasteiger partial charge on any atom is 0.122 e. The molecule has 1 rings (SSSR count). The topological polar surface area (TPSA) is 68.0 Å². The van der Waals surface area contributed by atoms with E-state index in [1.165, 1.54) is 0 Å². The largest absolute Gasteiger partial charge is 0.497 e. The van der Waals surface area contributed by atoms with Crippen LogP contribution in [0, 0.1) is 0 Å². The maximum atomic E-state index is 9.05. The Balaban J connectivity index is 2.87. The molecule has 0 unspecified atom stereocenters. The van der Waals surface area contributed by atoms with Crippen LogP contribution in [0.1, 0.15) is 0 Å². The zero-order chi connectivity index (χ0) is 12.7. The molecule has 0 fully saturated rings. The smallest absolute Gasteiger partial charge is 0.122 e. The van der Waals surface area contributed by atoms with Gasteiger partial charge >= 0.3 is 0 Å². The van der Waals surface area contributed by atoms with E-state index in [2.05, 4.69) is 0 Å². The highest BCUT2D eigenvalue weighted by Gasteiger charge is 2.08. The number of benzene rings is 1. The highest BCUT2D eigenvalue weighted by Crippen LogP contribution is 2.25. The van der Waals surface area contributed by atoms with E-state index in [0.29, 0.717) is 31.1 Å². The van der Waals surface area contributed by atoms with E-state index < -0.39 is 0 Å². The van der Waals surface area contributed by atoms with Crippen molar-refractivity contribution in [3.8, 4) is 5.75 Å². The molecule has 0 saturated heterocycles. The van der Waals surface area contributed by atoms with Crippen LogP contribution in [0.4, 0.5) is 11.4 Å². The molecular formula is C12H20N2O3. The lowest BCUT2D eigenvalue weighted by atomic mass is 10.2. The van der Waals surface area contributed by atoms with Gasteiger partial charge < -0.3 is 25.2 Å². The summed E-state index contributed by atoms with van der Waals surface area (Å²) in [5.41, 5.74) is 7.36. The summed E-state index contributed by atoms with van der Waals surface area (Å²) in [4.78, 5) is 2.00. The molecule has 3 N–H and O–H groups in total. The standard InChI is InChI=1S/C12H20N2O3/c1-16-6-4-14(3-5-15)11-7-10(13)8-12(9-11)17-2/h7-9,15H,3-6,13H2,1-2H3. The SMILES string of the molecule is COCCN(CCO)c1cc(N)cc(OC)c1. The van der Waals surface area contributed by atoms with Crippen molar-refractivity contribution in [2.75, 3.05) is 51.2 Å². The Kier molecular flexibility index (Phi) is 5.59. The van der Waals surface area contributed by atoms with E-state index in [1.54, 1.807) is 20.3 Å². The lowest BCUT2D eigenvalue weighted by molar-refractivity contribution is 0.203. The Morgan fingerprint density at radius 3 is 2.59 bits per heavy atom. The molecule has 1 aromatic rings. The third-order valence-electron chi connectivity index (χ3n) is 2.45. The van der Waals surface area contributed by atoms with Gasteiger partial charge in [-0.2, -0.15) is 0 Å². The number of aliphatic hydroxyl groups is 1. The van der Waals surface area contributed by atoms with Gasteiger partial charge in [0, 0.05) is 43.7 Å². The van der Waals surface area contributed by atoms with Gasteiger partial charge in [-0.1, -0.05) is 0 Å². The molecule has 0 atom stereocenters. The van der Waals surface area contributed by atoms with Crippen molar-refractivity contribution in [3.05, 3.63) is 18.2 Å². The Hall–Kier alpha value is -1.46. The van der Waals surface area contributed by atoms with Crippen molar-refractivity contribution >= 4 is 11.4 Å². The first-order valence-electron chi connectivity index (χ1n) is 5.50. The highest BCUT2D eigenvalue weighted by atomic mass is 16.5. The van der Waals surface area contributed by atoms with Gasteiger partial charge in [0.1, 0.15) is 5.75 Å². The summed E-state index contributed by atoms with van der Waals surface area (Å²) in [5, 5.41) is 9.05. The number of rotatable bonds is 7. The fourth-order valence-corrected chi connectivity index (χ4v) is 1.60. The average molecular weight is 240 g/mol. The number of aliphatic hydroxyl groups excluding tert-OH is 1. The minimum absolute atomic E-state index is 0.0842. The van der Waals surface area contributed by atoms with Crippen molar-refractivity contribution in [3.63, 3.8) is 0 Å². The van der Waals surface area contributed by atoms with Crippen molar-refractivity contribution in [1.82, 2.24) is 0 Å². The molecule has 0 bridgehead atoms. The first-order valence-corrected chi connectivity index (χ1v) is 5.50. The number of nitrogen functional groups attached to an aromatic ring is 1. The molecule has 0 aliphatic carbocycles. The highest BCUT2D eigenvalue weighted by molar-refractivity contribution is 5.60. The van der Waals surface area contributed by atoms with E-state index in [-0.39, 0.29) is 6.61 Å². The molecule has 0 heterocycles. The number of ether oxygens (including phenoxy) is 2. The van der Waals surface area contributed by atoms with Crippen LogP contribution >= 0.6 is 0 Å². The van der Waals surface area contributed by atoms with Gasteiger partial charge in [0.25, 0.3) is 0 Å². The van der Waals surface area contributed by atoms with E-state index in [0.717, 1.165) is 5.69 Å². The molecule has 0 spiro atoms. The van der Waals surface area contributed by atoms with Crippen LogP contribution in [-0.2, 0) is 4.74 Å². The quantitative estimate of drug-likeness (QED) is 0.687. The minimum atomic E-state index is 0.0842. The second-order valence-electron chi connectivity index (χ2n) is 3.67. The number of hydrogen-bond donors (Lipinski definition) is 2. The van der Waals surface area contributed by atoms with E-state index in [1.807, 2.05) is 17.0 Å².